The first-order chi connectivity index (χ1) is 8.64. The van der Waals surface area contributed by atoms with Crippen LogP contribution in [0.4, 0.5) is 0 Å². The van der Waals surface area contributed by atoms with Crippen LogP contribution in [-0.2, 0) is 9.84 Å². The van der Waals surface area contributed by atoms with E-state index in [-0.39, 0.29) is 0 Å². The van der Waals surface area contributed by atoms with Crippen LogP contribution in [0.1, 0.15) is 12.8 Å². The molecule has 3 rings (SSSR count). The molecule has 0 amide bonds. The van der Waals surface area contributed by atoms with Crippen LogP contribution in [0.5, 0.6) is 0 Å². The molecule has 5 nitrogen and oxygen atoms in total. The molecule has 0 aromatic heterocycles. The van der Waals surface area contributed by atoms with Crippen LogP contribution >= 0.6 is 0 Å². The number of rotatable bonds is 2. The molecule has 1 atom stereocenters. The molecule has 18 heavy (non-hydrogen) atoms. The average Bonchev–Trinajstić information content (AvgIpc) is 2.27. The van der Waals surface area contributed by atoms with Gasteiger partial charge in [-0.3, -0.25) is 9.80 Å². The predicted octanol–water partition coefficient (Wildman–Crippen LogP) is -0.847. The summed E-state index contributed by atoms with van der Waals surface area (Å²) in [7, 11) is -2.76. The third-order valence-electron chi connectivity index (χ3n) is 4.51. The molecule has 1 N–H and O–H groups in total. The van der Waals surface area contributed by atoms with Gasteiger partial charge in [-0.15, -0.1) is 0 Å². The molecular weight excluding hydrogens is 250 g/mol. The summed E-state index contributed by atoms with van der Waals surface area (Å²) in [6.07, 6.45) is 1.91. The van der Waals surface area contributed by atoms with E-state index in [1.54, 1.807) is 0 Å². The average molecular weight is 273 g/mol. The van der Waals surface area contributed by atoms with Gasteiger partial charge in [0, 0.05) is 51.4 Å². The Morgan fingerprint density at radius 1 is 1.00 bits per heavy atom. The maximum Gasteiger partial charge on any atom is 0.151 e. The van der Waals surface area contributed by atoms with Crippen LogP contribution in [0.2, 0.25) is 0 Å². The summed E-state index contributed by atoms with van der Waals surface area (Å²) in [4.78, 5) is 4.92. The van der Waals surface area contributed by atoms with Gasteiger partial charge in [-0.25, -0.2) is 8.42 Å². The smallest absolute Gasteiger partial charge is 0.151 e. The third kappa shape index (κ3) is 2.71. The van der Waals surface area contributed by atoms with Gasteiger partial charge in [0.25, 0.3) is 0 Å². The zero-order valence-electron chi connectivity index (χ0n) is 10.8. The lowest BCUT2D eigenvalue weighted by Gasteiger charge is -2.50. The van der Waals surface area contributed by atoms with Crippen molar-refractivity contribution in [1.29, 1.82) is 0 Å². The van der Waals surface area contributed by atoms with Gasteiger partial charge in [0.15, 0.2) is 9.84 Å². The lowest BCUT2D eigenvalue weighted by molar-refractivity contribution is 0.00204. The fourth-order valence-corrected chi connectivity index (χ4v) is 5.09. The fourth-order valence-electron chi connectivity index (χ4n) is 3.35. The molecule has 3 heterocycles. The van der Waals surface area contributed by atoms with E-state index in [1.165, 1.54) is 0 Å². The molecule has 0 aromatic rings. The Morgan fingerprint density at radius 3 is 2.39 bits per heavy atom. The van der Waals surface area contributed by atoms with Gasteiger partial charge in [0.05, 0.1) is 11.5 Å². The summed E-state index contributed by atoms with van der Waals surface area (Å²) in [5, 5.41) is 3.37. The Morgan fingerprint density at radius 2 is 1.72 bits per heavy atom. The number of sulfone groups is 1. The zero-order chi connectivity index (χ0) is 12.6. The Hall–Kier alpha value is -0.170. The third-order valence-corrected chi connectivity index (χ3v) is 6.32. The van der Waals surface area contributed by atoms with Crippen LogP contribution in [-0.4, -0.2) is 81.1 Å². The highest BCUT2D eigenvalue weighted by Gasteiger charge is 2.38. The minimum atomic E-state index is -2.76. The first-order valence-corrected chi connectivity index (χ1v) is 8.85. The van der Waals surface area contributed by atoms with E-state index >= 15 is 0 Å². The quantitative estimate of drug-likeness (QED) is 0.710. The minimum Gasteiger partial charge on any atom is -0.314 e. The Balaban J connectivity index is 1.49. The highest BCUT2D eigenvalue weighted by Crippen LogP contribution is 2.24. The van der Waals surface area contributed by atoms with Gasteiger partial charge >= 0.3 is 0 Å². The molecule has 3 fully saturated rings. The van der Waals surface area contributed by atoms with Gasteiger partial charge in [-0.2, -0.15) is 0 Å². The number of nitrogens with one attached hydrogen (secondary N) is 1. The normalized spacial score (nSPS) is 35.2. The SMILES string of the molecule is O=S1(=O)CCCC(N2CC(N3CCNCC3)C2)C1. The number of hydrogen-bond acceptors (Lipinski definition) is 5. The molecule has 1 unspecified atom stereocenters. The number of piperazine rings is 1. The Labute approximate surface area is 109 Å². The molecule has 0 bridgehead atoms. The summed E-state index contributed by atoms with van der Waals surface area (Å²) in [6.45, 7) is 6.60. The van der Waals surface area contributed by atoms with E-state index in [9.17, 15) is 8.42 Å². The Bertz CT molecular complexity index is 386. The van der Waals surface area contributed by atoms with Crippen molar-refractivity contribution in [2.45, 2.75) is 24.9 Å². The molecule has 6 heteroatoms. The molecule has 0 aliphatic carbocycles. The molecule has 3 saturated heterocycles. The van der Waals surface area contributed by atoms with Crippen molar-refractivity contribution < 1.29 is 8.42 Å². The van der Waals surface area contributed by atoms with Crippen LogP contribution in [0.25, 0.3) is 0 Å². The molecule has 104 valence electrons. The molecule has 0 saturated carbocycles. The van der Waals surface area contributed by atoms with Crippen LogP contribution in [0.15, 0.2) is 0 Å². The molecule has 3 aliphatic rings. The summed E-state index contributed by atoms with van der Waals surface area (Å²) in [5.41, 5.74) is 0. The minimum absolute atomic E-state index is 0.294. The van der Waals surface area contributed by atoms with Crippen molar-refractivity contribution in [2.24, 2.45) is 0 Å². The second kappa shape index (κ2) is 5.07. The Kier molecular flexibility index (Phi) is 3.62. The van der Waals surface area contributed by atoms with E-state index in [4.69, 9.17) is 0 Å². The fraction of sp³-hybridized carbons (Fsp3) is 1.00. The van der Waals surface area contributed by atoms with Crippen LogP contribution in [0.3, 0.4) is 0 Å². The van der Waals surface area contributed by atoms with Crippen molar-refractivity contribution >= 4 is 9.84 Å². The van der Waals surface area contributed by atoms with Crippen molar-refractivity contribution in [3.8, 4) is 0 Å². The maximum atomic E-state index is 11.6. The highest BCUT2D eigenvalue weighted by molar-refractivity contribution is 7.91. The number of likely N-dealkylation sites (tertiary alicyclic amines) is 1. The van der Waals surface area contributed by atoms with E-state index in [0.717, 1.165) is 52.1 Å². The first kappa shape index (κ1) is 12.8. The molecular formula is C12H23N3O2S. The largest absolute Gasteiger partial charge is 0.314 e. The second-order valence-electron chi connectivity index (χ2n) is 5.80. The standard InChI is InChI=1S/C12H23N3O2S/c16-18(17)7-1-2-11(10-18)15-8-12(9-15)14-5-3-13-4-6-14/h11-13H,1-10H2. The van der Waals surface area contributed by atoms with Gasteiger partial charge in [-0.1, -0.05) is 0 Å². The van der Waals surface area contributed by atoms with Crippen LogP contribution < -0.4 is 5.32 Å². The summed E-state index contributed by atoms with van der Waals surface area (Å²) in [5.74, 6) is 0.792. The predicted molar refractivity (Wildman–Crippen MR) is 71.5 cm³/mol. The molecule has 3 aliphatic heterocycles. The zero-order valence-corrected chi connectivity index (χ0v) is 11.7. The van der Waals surface area contributed by atoms with E-state index in [2.05, 4.69) is 15.1 Å². The lowest BCUT2D eigenvalue weighted by atomic mass is 10.0. The van der Waals surface area contributed by atoms with Gasteiger partial charge < -0.3 is 5.32 Å². The van der Waals surface area contributed by atoms with Gasteiger partial charge in [0.1, 0.15) is 0 Å². The molecule has 0 radical (unpaired) electrons. The van der Waals surface area contributed by atoms with Crippen molar-refractivity contribution in [3.05, 3.63) is 0 Å². The monoisotopic (exact) mass is 273 g/mol. The van der Waals surface area contributed by atoms with Gasteiger partial charge in [-0.05, 0) is 12.8 Å². The van der Waals surface area contributed by atoms with Crippen molar-refractivity contribution in [1.82, 2.24) is 15.1 Å². The lowest BCUT2D eigenvalue weighted by Crippen LogP contribution is -2.65. The molecule has 0 aromatic carbocycles. The maximum absolute atomic E-state index is 11.6. The number of nitrogens with zero attached hydrogens (tertiary/aromatic N) is 2. The van der Waals surface area contributed by atoms with E-state index in [1.807, 2.05) is 0 Å². The van der Waals surface area contributed by atoms with Gasteiger partial charge in [0.2, 0.25) is 0 Å². The topological polar surface area (TPSA) is 52.7 Å². The van der Waals surface area contributed by atoms with Crippen LogP contribution in [0, 0.1) is 0 Å². The van der Waals surface area contributed by atoms with E-state index < -0.39 is 9.84 Å². The second-order valence-corrected chi connectivity index (χ2v) is 8.03. The summed E-state index contributed by atoms with van der Waals surface area (Å²) >= 11 is 0. The van der Waals surface area contributed by atoms with Crippen molar-refractivity contribution in [3.63, 3.8) is 0 Å². The first-order valence-electron chi connectivity index (χ1n) is 7.03. The van der Waals surface area contributed by atoms with Crippen molar-refractivity contribution in [2.75, 3.05) is 50.8 Å². The summed E-state index contributed by atoms with van der Waals surface area (Å²) < 4.78 is 23.3. The summed E-state index contributed by atoms with van der Waals surface area (Å²) in [6, 6.07) is 0.958. The van der Waals surface area contributed by atoms with E-state index in [0.29, 0.717) is 23.6 Å². The molecule has 0 spiro atoms. The number of hydrogen-bond donors (Lipinski definition) is 1. The highest BCUT2D eigenvalue weighted by atomic mass is 32.2.